The minimum Gasteiger partial charge on any atom is -0.326 e. The van der Waals surface area contributed by atoms with E-state index in [1.807, 2.05) is 6.92 Å². The number of rotatable bonds is 10. The molecule has 0 spiro atoms. The van der Waals surface area contributed by atoms with E-state index in [4.69, 9.17) is 5.73 Å². The largest absolute Gasteiger partial charge is 0.416 e. The molecular formula is C28H27F12N3S. The number of hydrogen-bond donors (Lipinski definition) is 1. The molecule has 1 heterocycles. The van der Waals surface area contributed by atoms with Gasteiger partial charge in [-0.05, 0) is 60.9 Å². The van der Waals surface area contributed by atoms with Crippen molar-refractivity contribution in [1.29, 1.82) is 0 Å². The summed E-state index contributed by atoms with van der Waals surface area (Å²) in [4.78, 5) is 4.10. The van der Waals surface area contributed by atoms with Crippen LogP contribution in [0.3, 0.4) is 0 Å². The maximum absolute atomic E-state index is 13.9. The van der Waals surface area contributed by atoms with E-state index in [0.29, 0.717) is 18.2 Å². The first-order valence-electron chi connectivity index (χ1n) is 13.2. The van der Waals surface area contributed by atoms with E-state index in [1.54, 1.807) is 0 Å². The Morgan fingerprint density at radius 2 is 1.05 bits per heavy atom. The predicted octanol–water partition coefficient (Wildman–Crippen LogP) is 9.92. The minimum absolute atomic E-state index is 0.0873. The summed E-state index contributed by atoms with van der Waals surface area (Å²) in [5.74, 6) is 0. The number of imidazole rings is 1. The van der Waals surface area contributed by atoms with Crippen molar-refractivity contribution in [3.63, 3.8) is 0 Å². The SMILES string of the molecule is CCCCCCn1ccnc1SC(c1cc(C(F)(F)F)cc(C(F)(F)F)c1)(c1cc(C(F)(F)F)cc(C(F)(F)F)c1)[C@H](C)N. The topological polar surface area (TPSA) is 43.8 Å². The predicted molar refractivity (Wildman–Crippen MR) is 140 cm³/mol. The van der Waals surface area contributed by atoms with E-state index in [9.17, 15) is 52.7 Å². The molecule has 0 saturated carbocycles. The summed E-state index contributed by atoms with van der Waals surface area (Å²) in [7, 11) is 0. The Balaban J connectivity index is 2.46. The fourth-order valence-electron chi connectivity index (χ4n) is 4.67. The van der Waals surface area contributed by atoms with E-state index in [2.05, 4.69) is 4.98 Å². The number of aromatic nitrogens is 2. The van der Waals surface area contributed by atoms with Crippen molar-refractivity contribution in [2.24, 2.45) is 5.73 Å². The van der Waals surface area contributed by atoms with Gasteiger partial charge in [0.05, 0.1) is 27.0 Å². The van der Waals surface area contributed by atoms with Crippen LogP contribution in [0.4, 0.5) is 52.7 Å². The molecule has 2 aromatic carbocycles. The summed E-state index contributed by atoms with van der Waals surface area (Å²) in [6.07, 6.45) is -15.8. The summed E-state index contributed by atoms with van der Waals surface area (Å²) < 4.78 is 166. The van der Waals surface area contributed by atoms with Crippen molar-refractivity contribution in [2.75, 3.05) is 0 Å². The Kier molecular flexibility index (Phi) is 10.4. The Bertz CT molecular complexity index is 1280. The van der Waals surface area contributed by atoms with Crippen LogP contribution in [-0.2, 0) is 36.0 Å². The van der Waals surface area contributed by atoms with Crippen molar-refractivity contribution in [2.45, 2.75) is 86.7 Å². The zero-order valence-electron chi connectivity index (χ0n) is 23.1. The van der Waals surface area contributed by atoms with Crippen molar-refractivity contribution < 1.29 is 52.7 Å². The minimum atomic E-state index is -5.37. The fraction of sp³-hybridized carbons (Fsp3) is 0.464. The second-order valence-corrected chi connectivity index (χ2v) is 11.4. The van der Waals surface area contributed by atoms with Gasteiger partial charge in [0.2, 0.25) is 0 Å². The molecule has 16 heteroatoms. The second kappa shape index (κ2) is 12.9. The van der Waals surface area contributed by atoms with Gasteiger partial charge in [0.25, 0.3) is 0 Å². The van der Waals surface area contributed by atoms with Crippen molar-refractivity contribution in [3.05, 3.63) is 82.2 Å². The number of nitrogens with two attached hydrogens (primary N) is 1. The first-order chi connectivity index (χ1) is 20.1. The molecule has 0 bridgehead atoms. The van der Waals surface area contributed by atoms with Gasteiger partial charge in [-0.25, -0.2) is 4.98 Å². The fourth-order valence-corrected chi connectivity index (χ4v) is 5.99. The number of aryl methyl sites for hydroxylation is 1. The standard InChI is InChI=1S/C28H27F12N3S/c1-3-4-5-6-8-43-9-7-42-23(43)44-24(16(2)41,17-10-19(25(29,30)31)14-20(11-17)26(32,33)34)18-12-21(27(35,36)37)15-22(13-18)28(38,39)40/h7,9-16H,3-6,8,41H2,1-2H3/t16-/m0/s1. The summed E-state index contributed by atoms with van der Waals surface area (Å²) in [5, 5.41) is -0.0873. The van der Waals surface area contributed by atoms with Crippen LogP contribution >= 0.6 is 11.8 Å². The maximum Gasteiger partial charge on any atom is 0.416 e. The van der Waals surface area contributed by atoms with E-state index in [-0.39, 0.29) is 48.1 Å². The lowest BCUT2D eigenvalue weighted by molar-refractivity contribution is -0.144. The summed E-state index contributed by atoms with van der Waals surface area (Å²) in [6, 6.07) is -1.01. The van der Waals surface area contributed by atoms with Crippen LogP contribution in [0.15, 0.2) is 53.9 Å². The Hall–Kier alpha value is -2.88. The van der Waals surface area contributed by atoms with E-state index in [1.165, 1.54) is 17.0 Å². The molecule has 0 unspecified atom stereocenters. The third-order valence-corrected chi connectivity index (χ3v) is 8.54. The van der Waals surface area contributed by atoms with E-state index < -0.39 is 68.9 Å². The molecule has 0 radical (unpaired) electrons. The van der Waals surface area contributed by atoms with Gasteiger partial charge in [-0.3, -0.25) is 0 Å². The van der Waals surface area contributed by atoms with Crippen LogP contribution in [0.1, 0.15) is 72.9 Å². The highest BCUT2D eigenvalue weighted by molar-refractivity contribution is 8.00. The van der Waals surface area contributed by atoms with Crippen LogP contribution in [0, 0.1) is 0 Å². The van der Waals surface area contributed by atoms with Crippen LogP contribution in [0.5, 0.6) is 0 Å². The monoisotopic (exact) mass is 665 g/mol. The third-order valence-electron chi connectivity index (χ3n) is 6.86. The van der Waals surface area contributed by atoms with Gasteiger partial charge in [0.15, 0.2) is 5.16 Å². The third kappa shape index (κ3) is 8.03. The molecule has 0 amide bonds. The average molecular weight is 666 g/mol. The lowest BCUT2D eigenvalue weighted by Gasteiger charge is -2.39. The van der Waals surface area contributed by atoms with Gasteiger partial charge in [-0.15, -0.1) is 0 Å². The van der Waals surface area contributed by atoms with Gasteiger partial charge in [-0.2, -0.15) is 52.7 Å². The smallest absolute Gasteiger partial charge is 0.326 e. The zero-order chi connectivity index (χ0) is 33.3. The average Bonchev–Trinajstić information content (AvgIpc) is 3.33. The second-order valence-electron chi connectivity index (χ2n) is 10.2. The summed E-state index contributed by atoms with van der Waals surface area (Å²) >= 11 is 0.382. The van der Waals surface area contributed by atoms with Gasteiger partial charge in [0.1, 0.15) is 0 Å². The normalized spacial score (nSPS) is 14.2. The molecule has 2 N–H and O–H groups in total. The first kappa shape index (κ1) is 35.6. The number of alkyl halides is 12. The molecule has 3 aromatic rings. The highest BCUT2D eigenvalue weighted by atomic mass is 32.2. The van der Waals surface area contributed by atoms with Crippen molar-refractivity contribution in [3.8, 4) is 0 Å². The molecule has 3 nitrogen and oxygen atoms in total. The van der Waals surface area contributed by atoms with Crippen molar-refractivity contribution >= 4 is 11.8 Å². The molecule has 244 valence electrons. The quantitative estimate of drug-likeness (QED) is 0.133. The van der Waals surface area contributed by atoms with Crippen molar-refractivity contribution in [1.82, 2.24) is 9.55 Å². The number of nitrogens with zero attached hydrogens (tertiary/aromatic N) is 2. The van der Waals surface area contributed by atoms with Gasteiger partial charge in [0, 0.05) is 25.0 Å². The number of benzene rings is 2. The molecule has 3 rings (SSSR count). The Morgan fingerprint density at radius 1 is 0.659 bits per heavy atom. The molecule has 0 fully saturated rings. The van der Waals surface area contributed by atoms with Gasteiger partial charge in [-0.1, -0.05) is 37.9 Å². The number of thioether (sulfide) groups is 1. The molecule has 44 heavy (non-hydrogen) atoms. The highest BCUT2D eigenvalue weighted by Gasteiger charge is 2.47. The highest BCUT2D eigenvalue weighted by Crippen LogP contribution is 2.52. The first-order valence-corrected chi connectivity index (χ1v) is 14.0. The Labute approximate surface area is 248 Å². The number of hydrogen-bond acceptors (Lipinski definition) is 3. The van der Waals surface area contributed by atoms with Gasteiger partial charge < -0.3 is 10.3 Å². The summed E-state index contributed by atoms with van der Waals surface area (Å²) in [5.41, 5.74) is -2.91. The molecule has 0 saturated heterocycles. The Morgan fingerprint density at radius 3 is 1.39 bits per heavy atom. The van der Waals surface area contributed by atoms with Crippen LogP contribution in [0.25, 0.3) is 0 Å². The number of unbranched alkanes of at least 4 members (excludes halogenated alkanes) is 3. The maximum atomic E-state index is 13.9. The molecule has 1 aromatic heterocycles. The van der Waals surface area contributed by atoms with Gasteiger partial charge >= 0.3 is 24.7 Å². The zero-order valence-corrected chi connectivity index (χ0v) is 24.0. The molecule has 1 atom stereocenters. The summed E-state index contributed by atoms with van der Waals surface area (Å²) in [6.45, 7) is 3.27. The van der Waals surface area contributed by atoms with Crippen LogP contribution in [-0.4, -0.2) is 15.6 Å². The molecule has 0 aliphatic rings. The lowest BCUT2D eigenvalue weighted by Crippen LogP contribution is -2.43. The lowest BCUT2D eigenvalue weighted by atomic mass is 9.82. The van der Waals surface area contributed by atoms with E-state index in [0.717, 1.165) is 26.2 Å². The van der Waals surface area contributed by atoms with Crippen LogP contribution < -0.4 is 5.73 Å². The van der Waals surface area contributed by atoms with Crippen LogP contribution in [0.2, 0.25) is 0 Å². The number of halogens is 12. The van der Waals surface area contributed by atoms with E-state index >= 15 is 0 Å². The molecule has 0 aliphatic heterocycles. The molecule has 0 aliphatic carbocycles. The molecular weight excluding hydrogens is 638 g/mol.